The summed E-state index contributed by atoms with van der Waals surface area (Å²) < 4.78 is 5.48. The summed E-state index contributed by atoms with van der Waals surface area (Å²) in [6, 6.07) is 5.08. The molecule has 0 spiro atoms. The fourth-order valence-electron chi connectivity index (χ4n) is 2.15. The van der Waals surface area contributed by atoms with Gasteiger partial charge in [0.2, 0.25) is 0 Å². The predicted octanol–water partition coefficient (Wildman–Crippen LogP) is 4.39. The van der Waals surface area contributed by atoms with E-state index in [4.69, 9.17) is 9.84 Å². The van der Waals surface area contributed by atoms with Crippen LogP contribution in [0.3, 0.4) is 0 Å². The Morgan fingerprint density at radius 3 is 2.59 bits per heavy atom. The highest BCUT2D eigenvalue weighted by Crippen LogP contribution is 2.34. The molecule has 0 saturated heterocycles. The lowest BCUT2D eigenvalue weighted by Gasteiger charge is -2.26. The van der Waals surface area contributed by atoms with Gasteiger partial charge in [0.1, 0.15) is 17.3 Å². The van der Waals surface area contributed by atoms with Crippen LogP contribution in [0.1, 0.15) is 45.6 Å². The lowest BCUT2D eigenvalue weighted by molar-refractivity contribution is -0.131. The second-order valence-corrected chi connectivity index (χ2v) is 5.94. The van der Waals surface area contributed by atoms with Crippen LogP contribution < -0.4 is 4.74 Å². The van der Waals surface area contributed by atoms with E-state index >= 15 is 0 Å². The van der Waals surface area contributed by atoms with Gasteiger partial charge in [-0.2, -0.15) is 0 Å². The standard InChI is InChI=1S/C18H24O4/c1-5-6-9-18(3,4)14-10-15(19)12-16(11-14)22-13(2)7-8-17(20)21/h7-8,10-12,19H,2,5-6,9H2,1,3-4H3,(H,20,21)/b8-7+. The third-order valence-electron chi connectivity index (χ3n) is 3.49. The first-order valence-electron chi connectivity index (χ1n) is 7.37. The number of unbranched alkanes of at least 4 members (excludes halogenated alkanes) is 1. The summed E-state index contributed by atoms with van der Waals surface area (Å²) in [5.41, 5.74) is 0.899. The van der Waals surface area contributed by atoms with E-state index in [1.807, 2.05) is 6.07 Å². The van der Waals surface area contributed by atoms with Gasteiger partial charge in [-0.1, -0.05) is 40.2 Å². The number of ether oxygens (including phenoxy) is 1. The van der Waals surface area contributed by atoms with Crippen molar-refractivity contribution >= 4 is 5.97 Å². The lowest BCUT2D eigenvalue weighted by atomic mass is 9.80. The summed E-state index contributed by atoms with van der Waals surface area (Å²) in [5, 5.41) is 18.5. The van der Waals surface area contributed by atoms with Gasteiger partial charge in [-0.05, 0) is 35.6 Å². The third-order valence-corrected chi connectivity index (χ3v) is 3.49. The number of aliphatic carboxylic acids is 1. The predicted molar refractivity (Wildman–Crippen MR) is 87.2 cm³/mol. The van der Waals surface area contributed by atoms with Crippen molar-refractivity contribution in [3.8, 4) is 11.5 Å². The molecule has 0 unspecified atom stereocenters. The smallest absolute Gasteiger partial charge is 0.328 e. The third kappa shape index (κ3) is 5.64. The molecule has 0 aromatic heterocycles. The van der Waals surface area contributed by atoms with Gasteiger partial charge in [-0.25, -0.2) is 4.79 Å². The molecular weight excluding hydrogens is 280 g/mol. The average molecular weight is 304 g/mol. The normalized spacial score (nSPS) is 11.6. The Morgan fingerprint density at radius 1 is 1.32 bits per heavy atom. The Kier molecular flexibility index (Phi) is 6.23. The lowest BCUT2D eigenvalue weighted by Crippen LogP contribution is -2.17. The zero-order valence-electron chi connectivity index (χ0n) is 13.4. The molecule has 0 saturated carbocycles. The van der Waals surface area contributed by atoms with E-state index in [-0.39, 0.29) is 16.9 Å². The maximum atomic E-state index is 10.5. The summed E-state index contributed by atoms with van der Waals surface area (Å²) in [5.74, 6) is -0.306. The molecular formula is C18H24O4. The molecule has 0 bridgehead atoms. The fraction of sp³-hybridized carbons (Fsp3) is 0.389. The van der Waals surface area contributed by atoms with Gasteiger partial charge in [-0.15, -0.1) is 0 Å². The number of carboxylic acids is 1. The summed E-state index contributed by atoms with van der Waals surface area (Å²) in [4.78, 5) is 10.5. The molecule has 120 valence electrons. The van der Waals surface area contributed by atoms with Crippen molar-refractivity contribution in [2.75, 3.05) is 0 Å². The Bertz CT molecular complexity index is 570. The van der Waals surface area contributed by atoms with E-state index in [9.17, 15) is 9.90 Å². The molecule has 0 heterocycles. The maximum Gasteiger partial charge on any atom is 0.328 e. The Morgan fingerprint density at radius 2 is 2.00 bits per heavy atom. The van der Waals surface area contributed by atoms with E-state index < -0.39 is 5.97 Å². The number of phenolic OH excluding ortho intramolecular Hbond substituents is 1. The van der Waals surface area contributed by atoms with Crippen LogP contribution in [0, 0.1) is 0 Å². The van der Waals surface area contributed by atoms with Crippen molar-refractivity contribution in [2.24, 2.45) is 0 Å². The number of rotatable bonds is 8. The number of allylic oxidation sites excluding steroid dienone is 1. The van der Waals surface area contributed by atoms with Crippen LogP contribution in [0.2, 0.25) is 0 Å². The van der Waals surface area contributed by atoms with Crippen molar-refractivity contribution in [1.29, 1.82) is 0 Å². The van der Waals surface area contributed by atoms with Gasteiger partial charge >= 0.3 is 5.97 Å². The molecule has 0 radical (unpaired) electrons. The highest BCUT2D eigenvalue weighted by Gasteiger charge is 2.21. The Labute approximate surface area is 131 Å². The van der Waals surface area contributed by atoms with Gasteiger partial charge < -0.3 is 14.9 Å². The van der Waals surface area contributed by atoms with E-state index in [1.54, 1.807) is 6.07 Å². The first-order chi connectivity index (χ1) is 10.2. The average Bonchev–Trinajstić information content (AvgIpc) is 2.42. The molecule has 1 rings (SSSR count). The van der Waals surface area contributed by atoms with Crippen LogP contribution >= 0.6 is 0 Å². The topological polar surface area (TPSA) is 66.8 Å². The van der Waals surface area contributed by atoms with E-state index in [1.165, 1.54) is 12.1 Å². The molecule has 2 N–H and O–H groups in total. The van der Waals surface area contributed by atoms with Gasteiger partial charge in [-0.3, -0.25) is 0 Å². The van der Waals surface area contributed by atoms with E-state index in [0.717, 1.165) is 30.9 Å². The highest BCUT2D eigenvalue weighted by atomic mass is 16.5. The van der Waals surface area contributed by atoms with Crippen LogP contribution in [0.4, 0.5) is 0 Å². The first kappa shape index (κ1) is 17.8. The minimum atomic E-state index is -1.07. The SMILES string of the molecule is C=C(/C=C/C(=O)O)Oc1cc(O)cc(C(C)(C)CCCC)c1. The van der Waals surface area contributed by atoms with Crippen molar-refractivity contribution in [1.82, 2.24) is 0 Å². The van der Waals surface area contributed by atoms with Crippen molar-refractivity contribution < 1.29 is 19.7 Å². The van der Waals surface area contributed by atoms with Crippen molar-refractivity contribution in [3.63, 3.8) is 0 Å². The minimum absolute atomic E-state index is 0.0783. The monoisotopic (exact) mass is 304 g/mol. The number of benzene rings is 1. The zero-order valence-corrected chi connectivity index (χ0v) is 13.4. The van der Waals surface area contributed by atoms with E-state index in [0.29, 0.717) is 5.75 Å². The molecule has 4 nitrogen and oxygen atoms in total. The second-order valence-electron chi connectivity index (χ2n) is 5.94. The molecule has 1 aromatic rings. The van der Waals surface area contributed by atoms with Crippen LogP contribution in [0.5, 0.6) is 11.5 Å². The molecule has 1 aromatic carbocycles. The fourth-order valence-corrected chi connectivity index (χ4v) is 2.15. The maximum absolute atomic E-state index is 10.5. The summed E-state index contributed by atoms with van der Waals surface area (Å²) >= 11 is 0. The van der Waals surface area contributed by atoms with Gasteiger partial charge in [0, 0.05) is 12.1 Å². The molecule has 22 heavy (non-hydrogen) atoms. The Balaban J connectivity index is 2.94. The molecule has 0 aliphatic carbocycles. The molecule has 0 fully saturated rings. The van der Waals surface area contributed by atoms with Crippen molar-refractivity contribution in [3.05, 3.63) is 48.3 Å². The summed E-state index contributed by atoms with van der Waals surface area (Å²) in [6.45, 7) is 10.0. The number of phenols is 1. The second kappa shape index (κ2) is 7.69. The van der Waals surface area contributed by atoms with Crippen LogP contribution in [0.25, 0.3) is 0 Å². The summed E-state index contributed by atoms with van der Waals surface area (Å²) in [6.07, 6.45) is 5.45. The largest absolute Gasteiger partial charge is 0.508 e. The van der Waals surface area contributed by atoms with Crippen LogP contribution in [-0.4, -0.2) is 16.2 Å². The van der Waals surface area contributed by atoms with Crippen LogP contribution in [0.15, 0.2) is 42.7 Å². The van der Waals surface area contributed by atoms with E-state index in [2.05, 4.69) is 27.4 Å². The van der Waals surface area contributed by atoms with Gasteiger partial charge in [0.15, 0.2) is 0 Å². The molecule has 0 atom stereocenters. The van der Waals surface area contributed by atoms with Gasteiger partial charge in [0.05, 0.1) is 0 Å². The summed E-state index contributed by atoms with van der Waals surface area (Å²) in [7, 11) is 0. The number of hydrogen-bond acceptors (Lipinski definition) is 3. The first-order valence-corrected chi connectivity index (χ1v) is 7.37. The quantitative estimate of drug-likeness (QED) is 0.424. The Hall–Kier alpha value is -2.23. The molecule has 0 aliphatic rings. The van der Waals surface area contributed by atoms with Crippen LogP contribution in [-0.2, 0) is 10.2 Å². The molecule has 4 heteroatoms. The molecule has 0 aliphatic heterocycles. The zero-order chi connectivity index (χ0) is 16.8. The number of hydrogen-bond donors (Lipinski definition) is 2. The number of carbonyl (C=O) groups is 1. The number of carboxylic acid groups (broad SMARTS) is 1. The minimum Gasteiger partial charge on any atom is -0.508 e. The van der Waals surface area contributed by atoms with Crippen molar-refractivity contribution in [2.45, 2.75) is 45.4 Å². The highest BCUT2D eigenvalue weighted by molar-refractivity contribution is 5.80. The molecule has 0 amide bonds. The van der Waals surface area contributed by atoms with Gasteiger partial charge in [0.25, 0.3) is 0 Å². The number of aromatic hydroxyl groups is 1.